The number of nitrogens with zero attached hydrogens (tertiary/aromatic N) is 1. The second-order valence-electron chi connectivity index (χ2n) is 6.93. The van der Waals surface area contributed by atoms with Gasteiger partial charge in [-0.2, -0.15) is 5.12 Å². The standard InChI is InChI=1S/C25H18O2.CH6N4O/c26-25(20-11-5-2-6-12-20)21-15-17-22(18-16-21)27-24-14-8-7-13-23(24)19-9-3-1-4-10-19;2-1(6)5(3)4/h1-18H;3-4H2,(H2,2,6). The molecule has 4 rings (SSSR count). The Hall–Kier alpha value is -4.46. The third kappa shape index (κ3) is 6.51. The molecule has 0 aliphatic carbocycles. The van der Waals surface area contributed by atoms with Gasteiger partial charge in [0.1, 0.15) is 11.5 Å². The Kier molecular flexibility index (Phi) is 7.91. The monoisotopic (exact) mass is 440 g/mol. The topological polar surface area (TPSA) is 125 Å². The Morgan fingerprint density at radius 1 is 0.636 bits per heavy atom. The van der Waals surface area contributed by atoms with Gasteiger partial charge >= 0.3 is 6.03 Å². The molecule has 0 aliphatic rings. The first-order valence-electron chi connectivity index (χ1n) is 10.1. The molecule has 4 aromatic carbocycles. The average molecular weight is 441 g/mol. The van der Waals surface area contributed by atoms with Crippen molar-refractivity contribution >= 4 is 11.8 Å². The second-order valence-corrected chi connectivity index (χ2v) is 6.93. The van der Waals surface area contributed by atoms with Crippen molar-refractivity contribution in [1.82, 2.24) is 5.12 Å². The number of rotatable bonds is 5. The molecule has 7 nitrogen and oxygen atoms in total. The summed E-state index contributed by atoms with van der Waals surface area (Å²) in [4.78, 5) is 22.1. The molecule has 0 aliphatic heterocycles. The van der Waals surface area contributed by atoms with Gasteiger partial charge in [-0.05, 0) is 35.9 Å². The van der Waals surface area contributed by atoms with E-state index >= 15 is 0 Å². The molecule has 6 N–H and O–H groups in total. The summed E-state index contributed by atoms with van der Waals surface area (Å²) in [6.07, 6.45) is 0. The number of ketones is 1. The van der Waals surface area contributed by atoms with Crippen LogP contribution in [-0.2, 0) is 0 Å². The second kappa shape index (κ2) is 11.2. The smallest absolute Gasteiger partial charge is 0.343 e. The van der Waals surface area contributed by atoms with Crippen LogP contribution in [-0.4, -0.2) is 16.9 Å². The Balaban J connectivity index is 0.000000454. The van der Waals surface area contributed by atoms with E-state index in [1.54, 1.807) is 12.1 Å². The molecule has 0 spiro atoms. The maximum absolute atomic E-state index is 12.5. The minimum absolute atomic E-state index is 0.00633. The summed E-state index contributed by atoms with van der Waals surface area (Å²) in [6, 6.07) is 33.8. The van der Waals surface area contributed by atoms with Gasteiger partial charge < -0.3 is 10.5 Å². The first-order chi connectivity index (χ1) is 16.0. The van der Waals surface area contributed by atoms with Crippen molar-refractivity contribution in [2.45, 2.75) is 0 Å². The minimum atomic E-state index is -0.852. The van der Waals surface area contributed by atoms with E-state index in [0.717, 1.165) is 16.9 Å². The fourth-order valence-electron chi connectivity index (χ4n) is 2.97. The van der Waals surface area contributed by atoms with Crippen molar-refractivity contribution in [3.8, 4) is 22.6 Å². The number of hydrazine groups is 2. The molecule has 0 aromatic heterocycles. The zero-order valence-electron chi connectivity index (χ0n) is 17.8. The molecule has 0 bridgehead atoms. The fourth-order valence-corrected chi connectivity index (χ4v) is 2.97. The van der Waals surface area contributed by atoms with Gasteiger partial charge in [-0.1, -0.05) is 78.9 Å². The molecule has 166 valence electrons. The van der Waals surface area contributed by atoms with E-state index in [0.29, 0.717) is 22.0 Å². The number of para-hydroxylation sites is 1. The van der Waals surface area contributed by atoms with Crippen molar-refractivity contribution in [2.75, 3.05) is 0 Å². The first kappa shape index (κ1) is 23.2. The highest BCUT2D eigenvalue weighted by molar-refractivity contribution is 6.09. The predicted molar refractivity (Wildman–Crippen MR) is 128 cm³/mol. The highest BCUT2D eigenvalue weighted by Crippen LogP contribution is 2.33. The van der Waals surface area contributed by atoms with Crippen LogP contribution in [0.25, 0.3) is 11.1 Å². The largest absolute Gasteiger partial charge is 0.457 e. The van der Waals surface area contributed by atoms with Gasteiger partial charge in [0, 0.05) is 16.7 Å². The molecule has 33 heavy (non-hydrogen) atoms. The summed E-state index contributed by atoms with van der Waals surface area (Å²) in [5.41, 5.74) is 7.93. The number of carbonyl (C=O) groups is 2. The predicted octanol–water partition coefficient (Wildman–Crippen LogP) is 4.49. The SMILES string of the molecule is NC(=O)N(N)N.O=C(c1ccccc1)c1ccc(Oc2ccccc2-c2ccccc2)cc1. The van der Waals surface area contributed by atoms with Gasteiger partial charge in [0.2, 0.25) is 0 Å². The lowest BCUT2D eigenvalue weighted by atomic mass is 10.0. The van der Waals surface area contributed by atoms with E-state index in [4.69, 9.17) is 4.74 Å². The highest BCUT2D eigenvalue weighted by atomic mass is 16.5. The van der Waals surface area contributed by atoms with Gasteiger partial charge in [0.05, 0.1) is 0 Å². The number of primary amides is 1. The van der Waals surface area contributed by atoms with Crippen LogP contribution in [0.1, 0.15) is 15.9 Å². The van der Waals surface area contributed by atoms with Crippen molar-refractivity contribution in [2.24, 2.45) is 17.4 Å². The lowest BCUT2D eigenvalue weighted by Crippen LogP contribution is -2.46. The Morgan fingerprint density at radius 2 is 1.12 bits per heavy atom. The zero-order valence-corrected chi connectivity index (χ0v) is 17.8. The van der Waals surface area contributed by atoms with Crippen molar-refractivity contribution in [1.29, 1.82) is 0 Å². The first-order valence-corrected chi connectivity index (χ1v) is 10.1. The molecule has 0 saturated heterocycles. The summed E-state index contributed by atoms with van der Waals surface area (Å²) >= 11 is 0. The van der Waals surface area contributed by atoms with Crippen LogP contribution in [0.15, 0.2) is 109 Å². The van der Waals surface area contributed by atoms with E-state index in [-0.39, 0.29) is 5.78 Å². The number of hydrogen-bond acceptors (Lipinski definition) is 5. The van der Waals surface area contributed by atoms with Crippen LogP contribution in [0, 0.1) is 0 Å². The molecule has 0 saturated carbocycles. The number of carbonyl (C=O) groups excluding carboxylic acids is 2. The van der Waals surface area contributed by atoms with E-state index in [9.17, 15) is 9.59 Å². The maximum Gasteiger partial charge on any atom is 0.343 e. The van der Waals surface area contributed by atoms with Gasteiger partial charge in [0.15, 0.2) is 5.78 Å². The van der Waals surface area contributed by atoms with Crippen LogP contribution in [0.5, 0.6) is 11.5 Å². The molecule has 0 unspecified atom stereocenters. The Labute approximate surface area is 191 Å². The molecule has 0 fully saturated rings. The minimum Gasteiger partial charge on any atom is -0.457 e. The number of benzene rings is 4. The van der Waals surface area contributed by atoms with Crippen molar-refractivity contribution in [3.63, 3.8) is 0 Å². The molecule has 0 heterocycles. The lowest BCUT2D eigenvalue weighted by molar-refractivity contribution is 0.103. The summed E-state index contributed by atoms with van der Waals surface area (Å²) < 4.78 is 6.09. The number of ether oxygens (including phenoxy) is 1. The molecular weight excluding hydrogens is 416 g/mol. The number of urea groups is 1. The summed E-state index contributed by atoms with van der Waals surface area (Å²) in [5, 5.41) is 0.306. The molecule has 0 radical (unpaired) electrons. The maximum atomic E-state index is 12.5. The van der Waals surface area contributed by atoms with E-state index < -0.39 is 6.03 Å². The lowest BCUT2D eigenvalue weighted by Gasteiger charge is -2.11. The average Bonchev–Trinajstić information content (AvgIpc) is 2.86. The van der Waals surface area contributed by atoms with E-state index in [2.05, 4.69) is 29.6 Å². The molecule has 4 aromatic rings. The van der Waals surface area contributed by atoms with Crippen LogP contribution >= 0.6 is 0 Å². The third-order valence-electron chi connectivity index (χ3n) is 4.61. The van der Waals surface area contributed by atoms with Gasteiger partial charge in [-0.15, -0.1) is 0 Å². The highest BCUT2D eigenvalue weighted by Gasteiger charge is 2.10. The normalized spacial score (nSPS) is 9.88. The summed E-state index contributed by atoms with van der Waals surface area (Å²) in [7, 11) is 0. The number of hydrogen-bond donors (Lipinski definition) is 3. The van der Waals surface area contributed by atoms with Gasteiger partial charge in [-0.3, -0.25) is 4.79 Å². The van der Waals surface area contributed by atoms with Crippen molar-refractivity contribution in [3.05, 3.63) is 120 Å². The number of nitrogens with two attached hydrogens (primary N) is 3. The quantitative estimate of drug-likeness (QED) is 0.182. The molecule has 2 amide bonds. The number of amides is 2. The van der Waals surface area contributed by atoms with Crippen LogP contribution in [0.4, 0.5) is 4.79 Å². The Bertz CT molecular complexity index is 1200. The summed E-state index contributed by atoms with van der Waals surface area (Å²) in [6.45, 7) is 0. The van der Waals surface area contributed by atoms with E-state index in [1.165, 1.54) is 0 Å². The zero-order chi connectivity index (χ0) is 23.6. The van der Waals surface area contributed by atoms with Crippen LogP contribution in [0.2, 0.25) is 0 Å². The fraction of sp³-hybridized carbons (Fsp3) is 0. The third-order valence-corrected chi connectivity index (χ3v) is 4.61. The molecule has 7 heteroatoms. The summed E-state index contributed by atoms with van der Waals surface area (Å²) in [5.74, 6) is 10.6. The Morgan fingerprint density at radius 3 is 1.70 bits per heavy atom. The molecule has 0 atom stereocenters. The van der Waals surface area contributed by atoms with Gasteiger partial charge in [-0.25, -0.2) is 16.5 Å². The van der Waals surface area contributed by atoms with Crippen molar-refractivity contribution < 1.29 is 14.3 Å². The van der Waals surface area contributed by atoms with Crippen LogP contribution < -0.4 is 22.2 Å². The van der Waals surface area contributed by atoms with E-state index in [1.807, 2.05) is 84.9 Å². The molecular formula is C26H24N4O3. The van der Waals surface area contributed by atoms with Gasteiger partial charge in [0.25, 0.3) is 0 Å². The van der Waals surface area contributed by atoms with Crippen LogP contribution in [0.3, 0.4) is 0 Å².